The van der Waals surface area contributed by atoms with E-state index in [1.807, 2.05) is 0 Å². The Bertz CT molecular complexity index is 1250. The van der Waals surface area contributed by atoms with E-state index in [0.717, 1.165) is 24.3 Å². The number of carbonyl (C=O) groups is 1. The molecule has 0 fully saturated rings. The van der Waals surface area contributed by atoms with E-state index in [0.29, 0.717) is 0 Å². The third kappa shape index (κ3) is 6.30. The minimum Gasteiger partial charge on any atom is -0.485 e. The molecular formula is C20H15Cl2F4O9P. The Morgan fingerprint density at radius 1 is 0.944 bits per heavy atom. The summed E-state index contributed by atoms with van der Waals surface area (Å²) < 4.78 is 86.7. The molecule has 0 spiro atoms. The van der Waals surface area contributed by atoms with E-state index in [2.05, 4.69) is 4.52 Å². The summed E-state index contributed by atoms with van der Waals surface area (Å²) in [6, 6.07) is 3.61. The number of hydrogen-bond acceptors (Lipinski definition) is 7. The maximum absolute atomic E-state index is 14.3. The van der Waals surface area contributed by atoms with Crippen molar-refractivity contribution in [3.8, 4) is 0 Å². The van der Waals surface area contributed by atoms with Crippen LogP contribution in [-0.2, 0) is 41.3 Å². The molecule has 1 heterocycles. The van der Waals surface area contributed by atoms with Crippen LogP contribution in [-0.4, -0.2) is 39.7 Å². The zero-order valence-electron chi connectivity index (χ0n) is 17.6. The predicted molar refractivity (Wildman–Crippen MR) is 113 cm³/mol. The normalized spacial score (nSPS) is 16.8. The summed E-state index contributed by atoms with van der Waals surface area (Å²) in [5.74, 6) is -7.18. The maximum atomic E-state index is 14.3. The molecule has 0 radical (unpaired) electrons. The van der Waals surface area contributed by atoms with Gasteiger partial charge in [-0.25, -0.2) is 26.9 Å². The largest absolute Gasteiger partial charge is 0.485 e. The van der Waals surface area contributed by atoms with Crippen LogP contribution in [0.5, 0.6) is 0 Å². The molecule has 1 aliphatic heterocycles. The molecule has 16 heteroatoms. The fourth-order valence-corrected chi connectivity index (χ4v) is 3.89. The van der Waals surface area contributed by atoms with Gasteiger partial charge in [-0.1, -0.05) is 23.2 Å². The van der Waals surface area contributed by atoms with E-state index < -0.39 is 90.7 Å². The van der Waals surface area contributed by atoms with Crippen molar-refractivity contribution in [1.82, 2.24) is 0 Å². The smallest absolute Gasteiger partial charge is 0.470 e. The van der Waals surface area contributed by atoms with Gasteiger partial charge < -0.3 is 29.1 Å². The van der Waals surface area contributed by atoms with Gasteiger partial charge in [-0.05, 0) is 24.3 Å². The fourth-order valence-electron chi connectivity index (χ4n) is 3.00. The van der Waals surface area contributed by atoms with Gasteiger partial charge in [0, 0.05) is 11.1 Å². The first-order chi connectivity index (χ1) is 16.8. The molecule has 3 rings (SSSR count). The lowest BCUT2D eigenvalue weighted by Gasteiger charge is -2.23. The average Bonchev–Trinajstić information content (AvgIpc) is 3.13. The molecule has 36 heavy (non-hydrogen) atoms. The number of rotatable bonds is 10. The molecule has 0 bridgehead atoms. The molecule has 0 amide bonds. The summed E-state index contributed by atoms with van der Waals surface area (Å²) in [6.45, 7) is -2.55. The highest BCUT2D eigenvalue weighted by Gasteiger charge is 2.45. The first-order valence-corrected chi connectivity index (χ1v) is 11.9. The second-order valence-electron chi connectivity index (χ2n) is 7.08. The summed E-state index contributed by atoms with van der Waals surface area (Å²) in [4.78, 5) is 30.6. The molecule has 196 valence electrons. The summed E-state index contributed by atoms with van der Waals surface area (Å²) in [5.41, 5.74) is -0.606. The lowest BCUT2D eigenvalue weighted by Crippen LogP contribution is -2.34. The van der Waals surface area contributed by atoms with Crippen molar-refractivity contribution < 1.29 is 60.5 Å². The van der Waals surface area contributed by atoms with Crippen molar-refractivity contribution in [3.63, 3.8) is 0 Å². The molecule has 0 aromatic heterocycles. The molecule has 9 nitrogen and oxygen atoms in total. The van der Waals surface area contributed by atoms with Gasteiger partial charge in [0.05, 0.1) is 6.61 Å². The zero-order valence-corrected chi connectivity index (χ0v) is 20.0. The molecular weight excluding hydrogens is 562 g/mol. The number of benzene rings is 2. The molecule has 3 N–H and O–H groups in total. The topological polar surface area (TPSA) is 132 Å². The minimum atomic E-state index is -5.22. The minimum absolute atomic E-state index is 0.300. The molecule has 2 aromatic rings. The standard InChI is InChI=1S/C20H15Cl2F4O9P/c21-13-10(23)3-1-8(15(13)25)6-32-18-17(12(5-27)35-36(29,30)31)34-20(28)19(18)33-7-9-2-4-11(24)14(22)16(9)26/h1-4,12,17,27H,5-7H2,(H2,29,30,31). The second-order valence-corrected chi connectivity index (χ2v) is 9.03. The highest BCUT2D eigenvalue weighted by atomic mass is 35.5. The highest BCUT2D eigenvalue weighted by molar-refractivity contribution is 7.46. The lowest BCUT2D eigenvalue weighted by molar-refractivity contribution is -0.148. The molecule has 2 aromatic carbocycles. The van der Waals surface area contributed by atoms with Crippen LogP contribution in [0.25, 0.3) is 0 Å². The second kappa shape index (κ2) is 11.3. The van der Waals surface area contributed by atoms with Crippen molar-refractivity contribution in [2.24, 2.45) is 0 Å². The number of aliphatic hydroxyl groups is 1. The van der Waals surface area contributed by atoms with Gasteiger partial charge in [0.15, 0.2) is 23.5 Å². The Balaban J connectivity index is 1.95. The van der Waals surface area contributed by atoms with Crippen LogP contribution in [0.15, 0.2) is 35.8 Å². The van der Waals surface area contributed by atoms with Crippen LogP contribution < -0.4 is 0 Å². The van der Waals surface area contributed by atoms with Gasteiger partial charge >= 0.3 is 13.8 Å². The molecule has 0 saturated carbocycles. The molecule has 0 saturated heterocycles. The number of ether oxygens (including phenoxy) is 3. The molecule has 2 unspecified atom stereocenters. The van der Waals surface area contributed by atoms with Gasteiger partial charge in [0.25, 0.3) is 0 Å². The van der Waals surface area contributed by atoms with E-state index in [-0.39, 0.29) is 11.1 Å². The van der Waals surface area contributed by atoms with Crippen LogP contribution in [0.4, 0.5) is 17.6 Å². The lowest BCUT2D eigenvalue weighted by atomic mass is 10.1. The Labute approximate surface area is 210 Å². The number of cyclic esters (lactones) is 1. The Kier molecular flexibility index (Phi) is 8.88. The summed E-state index contributed by atoms with van der Waals surface area (Å²) in [5, 5.41) is 7.85. The van der Waals surface area contributed by atoms with Crippen LogP contribution in [0.1, 0.15) is 11.1 Å². The highest BCUT2D eigenvalue weighted by Crippen LogP contribution is 2.41. The molecule has 2 atom stereocenters. The number of esters is 1. The number of halogens is 6. The van der Waals surface area contributed by atoms with Gasteiger partial charge in [0.1, 0.15) is 41.0 Å². The van der Waals surface area contributed by atoms with Crippen LogP contribution in [0.3, 0.4) is 0 Å². The van der Waals surface area contributed by atoms with Gasteiger partial charge in [-0.2, -0.15) is 0 Å². The fraction of sp³-hybridized carbons (Fsp3) is 0.250. The zero-order chi connectivity index (χ0) is 26.8. The van der Waals surface area contributed by atoms with Crippen molar-refractivity contribution in [2.45, 2.75) is 25.4 Å². The van der Waals surface area contributed by atoms with Gasteiger partial charge in [0.2, 0.25) is 5.76 Å². The van der Waals surface area contributed by atoms with E-state index in [9.17, 15) is 32.0 Å². The van der Waals surface area contributed by atoms with Crippen molar-refractivity contribution >= 4 is 37.0 Å². The first-order valence-electron chi connectivity index (χ1n) is 9.64. The number of phosphoric acid groups is 1. The first kappa shape index (κ1) is 28.2. The molecule has 1 aliphatic rings. The quantitative estimate of drug-likeness (QED) is 0.167. The van der Waals surface area contributed by atoms with Crippen molar-refractivity contribution in [3.05, 3.63) is 80.2 Å². The SMILES string of the molecule is O=C1OC(C(CO)OP(=O)(O)O)C(OCc2ccc(F)c(Cl)c2F)=C1OCc1ccc(F)c(Cl)c1F. The van der Waals surface area contributed by atoms with Crippen LogP contribution in [0, 0.1) is 23.3 Å². The van der Waals surface area contributed by atoms with Crippen molar-refractivity contribution in [2.75, 3.05) is 6.61 Å². The summed E-state index contributed by atoms with van der Waals surface area (Å²) in [6.07, 6.45) is -3.70. The summed E-state index contributed by atoms with van der Waals surface area (Å²) in [7, 11) is -5.22. The molecule has 0 aliphatic carbocycles. The van der Waals surface area contributed by atoms with Gasteiger partial charge in [-0.3, -0.25) is 4.52 Å². The third-order valence-corrected chi connectivity index (χ3v) is 5.92. The maximum Gasteiger partial charge on any atom is 0.470 e. The predicted octanol–water partition coefficient (Wildman–Crippen LogP) is 3.89. The van der Waals surface area contributed by atoms with Crippen LogP contribution >= 0.6 is 31.0 Å². The number of hydrogen-bond donors (Lipinski definition) is 3. The monoisotopic (exact) mass is 576 g/mol. The third-order valence-electron chi connectivity index (χ3n) is 4.68. The Morgan fingerprint density at radius 2 is 1.44 bits per heavy atom. The number of aliphatic hydroxyl groups excluding tert-OH is 1. The van der Waals surface area contributed by atoms with Crippen LogP contribution in [0.2, 0.25) is 10.0 Å². The van der Waals surface area contributed by atoms with E-state index in [4.69, 9.17) is 47.2 Å². The van der Waals surface area contributed by atoms with E-state index in [1.165, 1.54) is 0 Å². The Hall–Kier alpha value is -2.38. The number of phosphoric ester groups is 1. The Morgan fingerprint density at radius 3 is 1.92 bits per heavy atom. The van der Waals surface area contributed by atoms with Gasteiger partial charge in [-0.15, -0.1) is 0 Å². The van der Waals surface area contributed by atoms with E-state index >= 15 is 0 Å². The van der Waals surface area contributed by atoms with Crippen molar-refractivity contribution in [1.29, 1.82) is 0 Å². The average molecular weight is 577 g/mol. The number of carbonyl (C=O) groups excluding carboxylic acids is 1. The van der Waals surface area contributed by atoms with E-state index in [1.54, 1.807) is 0 Å². The summed E-state index contributed by atoms with van der Waals surface area (Å²) >= 11 is 11.0.